The summed E-state index contributed by atoms with van der Waals surface area (Å²) < 4.78 is 49.9. The zero-order chi connectivity index (χ0) is 30.7. The van der Waals surface area contributed by atoms with Crippen LogP contribution in [0, 0.1) is 5.82 Å². The molecule has 4 aliphatic heterocycles. The van der Waals surface area contributed by atoms with E-state index in [0.29, 0.717) is 54.1 Å². The predicted octanol–water partition coefficient (Wildman–Crippen LogP) is 2.40. The van der Waals surface area contributed by atoms with Crippen LogP contribution in [0.4, 0.5) is 19.0 Å². The van der Waals surface area contributed by atoms with E-state index in [-0.39, 0.29) is 49.7 Å². The Morgan fingerprint density at radius 3 is 2.55 bits per heavy atom. The summed E-state index contributed by atoms with van der Waals surface area (Å²) in [7, 11) is 0. The third kappa shape index (κ3) is 4.86. The molecule has 4 amide bonds. The number of nitrogens with zero attached hydrogens (tertiary/aromatic N) is 5. The highest BCUT2D eigenvalue weighted by atomic mass is 19.3. The van der Waals surface area contributed by atoms with E-state index in [1.54, 1.807) is 11.0 Å². The monoisotopic (exact) mass is 610 g/mol. The number of carbonyl (C=O) groups excluding carboxylic acids is 4. The van der Waals surface area contributed by atoms with Crippen molar-refractivity contribution in [3.63, 3.8) is 0 Å². The number of fused-ring (bicyclic) bond motifs is 2. The van der Waals surface area contributed by atoms with Crippen molar-refractivity contribution in [1.29, 1.82) is 0 Å². The number of halogens is 3. The van der Waals surface area contributed by atoms with Crippen molar-refractivity contribution in [3.05, 3.63) is 58.9 Å². The molecule has 0 bridgehead atoms. The van der Waals surface area contributed by atoms with Crippen LogP contribution in [0.2, 0.25) is 0 Å². The minimum Gasteiger partial charge on any atom is -0.354 e. The molecule has 2 aromatic carbocycles. The van der Waals surface area contributed by atoms with Gasteiger partial charge in [0, 0.05) is 62.9 Å². The van der Waals surface area contributed by atoms with Crippen LogP contribution in [0.3, 0.4) is 0 Å². The average Bonchev–Trinajstić information content (AvgIpc) is 3.56. The summed E-state index contributed by atoms with van der Waals surface area (Å²) in [5, 5.41) is 6.98. The van der Waals surface area contributed by atoms with Crippen LogP contribution in [0.1, 0.15) is 45.5 Å². The molecule has 44 heavy (non-hydrogen) atoms. The quantitative estimate of drug-likeness (QED) is 0.448. The first kappa shape index (κ1) is 28.3. The number of aromatic nitrogens is 1. The van der Waals surface area contributed by atoms with E-state index in [1.165, 1.54) is 35.2 Å². The van der Waals surface area contributed by atoms with Gasteiger partial charge in [-0.25, -0.2) is 13.2 Å². The zero-order valence-electron chi connectivity index (χ0n) is 23.6. The molecule has 0 aliphatic carbocycles. The van der Waals surface area contributed by atoms with Crippen molar-refractivity contribution < 1.29 is 36.9 Å². The summed E-state index contributed by atoms with van der Waals surface area (Å²) in [6.07, 6.45) is 0.437. The molecule has 1 aromatic heterocycles. The number of carbonyl (C=O) groups is 4. The second-order valence-corrected chi connectivity index (χ2v) is 11.7. The van der Waals surface area contributed by atoms with Crippen LogP contribution < -0.4 is 10.2 Å². The fraction of sp³-hybridized carbons (Fsp3) is 0.433. The summed E-state index contributed by atoms with van der Waals surface area (Å²) in [5.41, 5.74) is 1.41. The maximum Gasteiger partial charge on any atom is 0.280 e. The van der Waals surface area contributed by atoms with Crippen molar-refractivity contribution in [3.8, 4) is 0 Å². The van der Waals surface area contributed by atoms with Gasteiger partial charge in [-0.2, -0.15) is 0 Å². The number of piperidine rings is 2. The van der Waals surface area contributed by atoms with Gasteiger partial charge in [-0.15, -0.1) is 0 Å². The molecule has 3 fully saturated rings. The lowest BCUT2D eigenvalue weighted by Crippen LogP contribution is -2.62. The highest BCUT2D eigenvalue weighted by molar-refractivity contribution is 6.06. The molecular formula is C30H29F3N6O5. The maximum atomic E-state index is 15.6. The lowest BCUT2D eigenvalue weighted by atomic mass is 9.97. The molecule has 1 N–H and O–H groups in total. The van der Waals surface area contributed by atoms with Gasteiger partial charge in [-0.3, -0.25) is 29.4 Å². The van der Waals surface area contributed by atoms with Crippen LogP contribution in [0.25, 0.3) is 11.0 Å². The number of amides is 4. The molecule has 7 rings (SSSR count). The molecule has 0 saturated carbocycles. The topological polar surface area (TPSA) is 119 Å². The fourth-order valence-electron chi connectivity index (χ4n) is 6.81. The molecule has 2 unspecified atom stereocenters. The van der Waals surface area contributed by atoms with Crippen LogP contribution in [-0.2, 0) is 16.1 Å². The summed E-state index contributed by atoms with van der Waals surface area (Å²) in [6.45, 7) is 1.13. The van der Waals surface area contributed by atoms with Crippen LogP contribution in [0.15, 0.2) is 40.9 Å². The lowest BCUT2D eigenvalue weighted by molar-refractivity contribution is -0.136. The van der Waals surface area contributed by atoms with E-state index in [2.05, 4.69) is 10.5 Å². The van der Waals surface area contributed by atoms with Crippen molar-refractivity contribution in [2.75, 3.05) is 44.2 Å². The summed E-state index contributed by atoms with van der Waals surface area (Å²) >= 11 is 0. The second kappa shape index (κ2) is 10.6. The zero-order valence-corrected chi connectivity index (χ0v) is 23.6. The van der Waals surface area contributed by atoms with E-state index in [4.69, 9.17) is 4.52 Å². The van der Waals surface area contributed by atoms with Gasteiger partial charge in [0.15, 0.2) is 11.4 Å². The molecule has 0 radical (unpaired) electrons. The van der Waals surface area contributed by atoms with Gasteiger partial charge >= 0.3 is 0 Å². The Hall–Kier alpha value is -4.46. The second-order valence-electron chi connectivity index (χ2n) is 11.7. The van der Waals surface area contributed by atoms with Gasteiger partial charge in [0.25, 0.3) is 17.7 Å². The molecule has 4 aliphatic rings. The SMILES string of the molecule is O=C1CCC(N2Cc3cc(C(=O)N4CCC(N5CCN(c6noc7cc(F)ccc67)CC5)C(F)(F)C4)ccc3C2=O)C(=O)N1. The van der Waals surface area contributed by atoms with Crippen molar-refractivity contribution in [2.45, 2.75) is 43.8 Å². The van der Waals surface area contributed by atoms with Crippen LogP contribution in [-0.4, -0.2) is 101 Å². The number of piperazine rings is 1. The lowest BCUT2D eigenvalue weighted by Gasteiger charge is -2.46. The van der Waals surface area contributed by atoms with E-state index in [1.807, 2.05) is 4.90 Å². The molecule has 2 atom stereocenters. The Kier molecular flexibility index (Phi) is 6.83. The van der Waals surface area contributed by atoms with Gasteiger partial charge < -0.3 is 19.2 Å². The number of rotatable bonds is 4. The van der Waals surface area contributed by atoms with Crippen molar-refractivity contribution in [1.82, 2.24) is 25.2 Å². The van der Waals surface area contributed by atoms with Gasteiger partial charge in [-0.05, 0) is 48.7 Å². The highest BCUT2D eigenvalue weighted by Gasteiger charge is 2.49. The smallest absolute Gasteiger partial charge is 0.280 e. The standard InChI is InChI=1S/C30H29F3N6O5/c31-19-2-4-21-23(14-19)44-35-26(21)37-11-9-36(10-12-37)24-7-8-38(16-30(24,32)33)28(42)17-1-3-20-18(13-17)15-39(29(20)43)22-5-6-25(40)34-27(22)41/h1-4,13-14,22,24H,5-12,15-16H2,(H,34,40,41). The van der Waals surface area contributed by atoms with E-state index in [0.717, 1.165) is 4.90 Å². The van der Waals surface area contributed by atoms with E-state index in [9.17, 15) is 23.6 Å². The van der Waals surface area contributed by atoms with Gasteiger partial charge in [0.1, 0.15) is 11.9 Å². The number of benzene rings is 2. The molecule has 11 nitrogen and oxygen atoms in total. The summed E-state index contributed by atoms with van der Waals surface area (Å²) in [4.78, 5) is 56.4. The number of hydrogen-bond acceptors (Lipinski definition) is 8. The molecular weight excluding hydrogens is 581 g/mol. The van der Waals surface area contributed by atoms with Gasteiger partial charge in [0.05, 0.1) is 18.0 Å². The van der Waals surface area contributed by atoms with Gasteiger partial charge in [-0.1, -0.05) is 5.16 Å². The number of likely N-dealkylation sites (tertiary alicyclic amines) is 1. The summed E-state index contributed by atoms with van der Waals surface area (Å²) in [6, 6.07) is 6.85. The third-order valence-corrected chi connectivity index (χ3v) is 9.09. The molecule has 14 heteroatoms. The molecule has 5 heterocycles. The van der Waals surface area contributed by atoms with Crippen molar-refractivity contribution in [2.24, 2.45) is 0 Å². The first-order valence-corrected chi connectivity index (χ1v) is 14.6. The minimum absolute atomic E-state index is 0.0901. The first-order chi connectivity index (χ1) is 21.1. The Morgan fingerprint density at radius 2 is 1.80 bits per heavy atom. The average molecular weight is 611 g/mol. The van der Waals surface area contributed by atoms with E-state index < -0.39 is 42.2 Å². The number of imide groups is 1. The van der Waals surface area contributed by atoms with Gasteiger partial charge in [0.2, 0.25) is 11.8 Å². The normalized spacial score (nSPS) is 24.2. The Balaban J connectivity index is 0.985. The maximum absolute atomic E-state index is 15.6. The fourth-order valence-corrected chi connectivity index (χ4v) is 6.81. The third-order valence-electron chi connectivity index (χ3n) is 9.09. The Bertz CT molecular complexity index is 1690. The molecule has 3 aromatic rings. The molecule has 0 spiro atoms. The van der Waals surface area contributed by atoms with Crippen LogP contribution >= 0.6 is 0 Å². The highest BCUT2D eigenvalue weighted by Crippen LogP contribution is 2.35. The number of anilines is 1. The first-order valence-electron chi connectivity index (χ1n) is 14.6. The Morgan fingerprint density at radius 1 is 1.00 bits per heavy atom. The molecule has 230 valence electrons. The Labute approximate surface area is 249 Å². The largest absolute Gasteiger partial charge is 0.354 e. The molecule has 3 saturated heterocycles. The number of nitrogens with one attached hydrogen (secondary N) is 1. The van der Waals surface area contributed by atoms with Crippen LogP contribution in [0.5, 0.6) is 0 Å². The predicted molar refractivity (Wildman–Crippen MR) is 149 cm³/mol. The minimum atomic E-state index is -3.15. The summed E-state index contributed by atoms with van der Waals surface area (Å²) in [5.74, 6) is -4.85. The number of hydrogen-bond donors (Lipinski definition) is 1. The van der Waals surface area contributed by atoms with Crippen molar-refractivity contribution >= 4 is 40.4 Å². The van der Waals surface area contributed by atoms with E-state index >= 15 is 8.78 Å². The number of alkyl halides is 2.